The maximum Gasteiger partial charge on any atom is 0.316 e. The Bertz CT molecular complexity index is 891. The van der Waals surface area contributed by atoms with Crippen LogP contribution in [0, 0.1) is 5.82 Å². The molecule has 3 heterocycles. The first kappa shape index (κ1) is 16.1. The predicted molar refractivity (Wildman–Crippen MR) is 89.8 cm³/mol. The van der Waals surface area contributed by atoms with Crippen molar-refractivity contribution in [2.45, 2.75) is 0 Å². The third-order valence-corrected chi connectivity index (χ3v) is 4.16. The highest BCUT2D eigenvalue weighted by molar-refractivity contribution is 5.90. The van der Waals surface area contributed by atoms with Gasteiger partial charge in [0, 0.05) is 44.3 Å². The Kier molecular flexibility index (Phi) is 4.26. The van der Waals surface area contributed by atoms with Crippen molar-refractivity contribution in [2.75, 3.05) is 31.1 Å². The Morgan fingerprint density at radius 1 is 1.08 bits per heavy atom. The zero-order chi connectivity index (χ0) is 17.9. The van der Waals surface area contributed by atoms with Crippen LogP contribution in [0.25, 0.3) is 11.5 Å². The highest BCUT2D eigenvalue weighted by atomic mass is 19.1. The molecule has 132 valence electrons. The van der Waals surface area contributed by atoms with E-state index < -0.39 is 0 Å². The van der Waals surface area contributed by atoms with Crippen LogP contribution in [0.3, 0.4) is 0 Å². The largest absolute Gasteiger partial charge is 0.368 e. The van der Waals surface area contributed by atoms with Gasteiger partial charge in [-0.15, -0.1) is 0 Å². The summed E-state index contributed by atoms with van der Waals surface area (Å²) in [6, 6.07) is 6.33. The Balaban J connectivity index is 1.41. The van der Waals surface area contributed by atoms with Crippen LogP contribution in [0.5, 0.6) is 0 Å². The second-order valence-electron chi connectivity index (χ2n) is 5.77. The number of rotatable bonds is 3. The van der Waals surface area contributed by atoms with Gasteiger partial charge in [0.1, 0.15) is 11.5 Å². The molecule has 2 aromatic heterocycles. The number of hydrogen-bond donors (Lipinski definition) is 0. The lowest BCUT2D eigenvalue weighted by Crippen LogP contribution is -2.48. The van der Waals surface area contributed by atoms with Gasteiger partial charge in [-0.05, 0) is 24.3 Å². The number of anilines is 1. The fraction of sp³-hybridized carbons (Fsp3) is 0.235. The molecule has 0 radical (unpaired) electrons. The number of halogens is 1. The number of hydrogen-bond acceptors (Lipinski definition) is 7. The van der Waals surface area contributed by atoms with Gasteiger partial charge in [-0.1, -0.05) is 5.16 Å². The second-order valence-corrected chi connectivity index (χ2v) is 5.77. The van der Waals surface area contributed by atoms with Gasteiger partial charge in [-0.3, -0.25) is 9.78 Å². The van der Waals surface area contributed by atoms with Crippen molar-refractivity contribution in [1.29, 1.82) is 0 Å². The highest BCUT2D eigenvalue weighted by Crippen LogP contribution is 2.18. The fourth-order valence-electron chi connectivity index (χ4n) is 2.78. The number of piperazine rings is 1. The molecule has 0 N–H and O–H groups in total. The van der Waals surface area contributed by atoms with E-state index in [9.17, 15) is 9.18 Å². The Hall–Kier alpha value is -3.36. The molecule has 3 aromatic rings. The monoisotopic (exact) mass is 354 g/mol. The quantitative estimate of drug-likeness (QED) is 0.706. The molecule has 9 heteroatoms. The van der Waals surface area contributed by atoms with Gasteiger partial charge in [-0.2, -0.15) is 4.98 Å². The molecule has 1 fully saturated rings. The summed E-state index contributed by atoms with van der Waals surface area (Å²) in [6.07, 6.45) is 4.55. The third-order valence-electron chi connectivity index (χ3n) is 4.16. The predicted octanol–water partition coefficient (Wildman–Crippen LogP) is 1.63. The Morgan fingerprint density at radius 3 is 2.54 bits per heavy atom. The normalized spacial score (nSPS) is 14.5. The minimum atomic E-state index is -0.314. The molecule has 0 saturated carbocycles. The molecular formula is C17H15FN6O2. The van der Waals surface area contributed by atoms with E-state index in [2.05, 4.69) is 25.0 Å². The SMILES string of the molecule is O=C(c1nc(-c2cnccn2)no1)N1CCN(c2ccc(F)cc2)CC1. The number of amides is 1. The lowest BCUT2D eigenvalue weighted by molar-refractivity contribution is 0.0696. The summed E-state index contributed by atoms with van der Waals surface area (Å²) in [5, 5.41) is 3.79. The van der Waals surface area contributed by atoms with Crippen LogP contribution in [0.15, 0.2) is 47.4 Å². The summed E-state index contributed by atoms with van der Waals surface area (Å²) in [5.74, 6) is -0.420. The maximum atomic E-state index is 13.0. The minimum absolute atomic E-state index is 0.0686. The van der Waals surface area contributed by atoms with Crippen LogP contribution in [0.1, 0.15) is 10.7 Å². The average molecular weight is 354 g/mol. The highest BCUT2D eigenvalue weighted by Gasteiger charge is 2.26. The van der Waals surface area contributed by atoms with Gasteiger partial charge in [0.2, 0.25) is 5.82 Å². The Labute approximate surface area is 148 Å². The van der Waals surface area contributed by atoms with Crippen LogP contribution < -0.4 is 4.90 Å². The maximum absolute atomic E-state index is 13.0. The number of carbonyl (C=O) groups excluding carboxylic acids is 1. The number of carbonyl (C=O) groups is 1. The van der Waals surface area contributed by atoms with Gasteiger partial charge in [0.05, 0.1) is 6.20 Å². The number of benzene rings is 1. The minimum Gasteiger partial charge on any atom is -0.368 e. The molecule has 1 aliphatic rings. The van der Waals surface area contributed by atoms with Gasteiger partial charge in [0.15, 0.2) is 0 Å². The molecule has 1 aliphatic heterocycles. The van der Waals surface area contributed by atoms with Crippen molar-refractivity contribution in [2.24, 2.45) is 0 Å². The summed E-state index contributed by atoms with van der Waals surface area (Å²) < 4.78 is 18.1. The van der Waals surface area contributed by atoms with Crippen molar-refractivity contribution >= 4 is 11.6 Å². The summed E-state index contributed by atoms with van der Waals surface area (Å²) in [7, 11) is 0. The van der Waals surface area contributed by atoms with Crippen LogP contribution in [-0.2, 0) is 0 Å². The topological polar surface area (TPSA) is 88.2 Å². The van der Waals surface area contributed by atoms with Gasteiger partial charge in [-0.25, -0.2) is 9.37 Å². The summed E-state index contributed by atoms with van der Waals surface area (Å²) in [4.78, 5) is 28.5. The molecular weight excluding hydrogens is 339 g/mol. The smallest absolute Gasteiger partial charge is 0.316 e. The van der Waals surface area contributed by atoms with Crippen molar-refractivity contribution in [3.05, 3.63) is 54.6 Å². The molecule has 0 unspecified atom stereocenters. The summed E-state index contributed by atoms with van der Waals surface area (Å²) in [5.41, 5.74) is 1.37. The zero-order valence-electron chi connectivity index (χ0n) is 13.7. The van der Waals surface area contributed by atoms with E-state index >= 15 is 0 Å². The molecule has 0 aliphatic carbocycles. The first-order valence-corrected chi connectivity index (χ1v) is 8.10. The lowest BCUT2D eigenvalue weighted by atomic mass is 10.2. The molecule has 1 saturated heterocycles. The molecule has 26 heavy (non-hydrogen) atoms. The first-order valence-electron chi connectivity index (χ1n) is 8.10. The van der Waals surface area contributed by atoms with E-state index in [1.807, 2.05) is 0 Å². The van der Waals surface area contributed by atoms with Crippen LogP contribution >= 0.6 is 0 Å². The van der Waals surface area contributed by atoms with Crippen molar-refractivity contribution < 1.29 is 13.7 Å². The zero-order valence-corrected chi connectivity index (χ0v) is 13.7. The molecule has 4 rings (SSSR count). The summed E-state index contributed by atoms with van der Waals surface area (Å²) in [6.45, 7) is 2.31. The van der Waals surface area contributed by atoms with E-state index in [0.29, 0.717) is 31.9 Å². The van der Waals surface area contributed by atoms with E-state index in [-0.39, 0.29) is 23.4 Å². The average Bonchev–Trinajstić information content (AvgIpc) is 3.19. The fourth-order valence-corrected chi connectivity index (χ4v) is 2.78. The molecule has 1 amide bonds. The van der Waals surface area contributed by atoms with Crippen molar-refractivity contribution in [3.63, 3.8) is 0 Å². The van der Waals surface area contributed by atoms with Gasteiger partial charge in [0.25, 0.3) is 0 Å². The molecule has 0 spiro atoms. The summed E-state index contributed by atoms with van der Waals surface area (Å²) >= 11 is 0. The number of aromatic nitrogens is 4. The van der Waals surface area contributed by atoms with Crippen LogP contribution in [0.4, 0.5) is 10.1 Å². The van der Waals surface area contributed by atoms with Crippen LogP contribution in [-0.4, -0.2) is 57.1 Å². The van der Waals surface area contributed by atoms with Gasteiger partial charge >= 0.3 is 11.8 Å². The van der Waals surface area contributed by atoms with Crippen LogP contribution in [0.2, 0.25) is 0 Å². The number of nitrogens with zero attached hydrogens (tertiary/aromatic N) is 6. The second kappa shape index (κ2) is 6.87. The third kappa shape index (κ3) is 3.23. The van der Waals surface area contributed by atoms with E-state index in [1.165, 1.54) is 30.7 Å². The van der Waals surface area contributed by atoms with E-state index in [4.69, 9.17) is 4.52 Å². The molecule has 8 nitrogen and oxygen atoms in total. The molecule has 1 aromatic carbocycles. The molecule has 0 atom stereocenters. The molecule has 0 bridgehead atoms. The Morgan fingerprint density at radius 2 is 1.85 bits per heavy atom. The lowest BCUT2D eigenvalue weighted by Gasteiger charge is -2.35. The van der Waals surface area contributed by atoms with E-state index in [1.54, 1.807) is 17.0 Å². The standard InChI is InChI=1S/C17H15FN6O2/c18-12-1-3-13(4-2-12)23-7-9-24(10-8-23)17(25)16-21-15(22-26-16)14-11-19-5-6-20-14/h1-6,11H,7-10H2. The first-order chi connectivity index (χ1) is 12.7. The van der Waals surface area contributed by atoms with Gasteiger partial charge < -0.3 is 14.3 Å². The van der Waals surface area contributed by atoms with Crippen molar-refractivity contribution in [3.8, 4) is 11.5 Å². The van der Waals surface area contributed by atoms with E-state index in [0.717, 1.165) is 5.69 Å². The van der Waals surface area contributed by atoms with Crippen molar-refractivity contribution in [1.82, 2.24) is 25.0 Å².